The molecule has 0 aliphatic rings. The second kappa shape index (κ2) is 5.27. The van der Waals surface area contributed by atoms with E-state index in [-0.39, 0.29) is 21.7 Å². The third-order valence-corrected chi connectivity index (χ3v) is 2.44. The van der Waals surface area contributed by atoms with Crippen molar-refractivity contribution in [3.8, 4) is 0 Å². The maximum absolute atomic E-state index is 10.9. The van der Waals surface area contributed by atoms with Crippen LogP contribution in [0.2, 0.25) is 5.02 Å². The largest absolute Gasteiger partial charge is 0.480 e. The summed E-state index contributed by atoms with van der Waals surface area (Å²) < 4.78 is 5.31. The minimum Gasteiger partial charge on any atom is -0.480 e. The standard InChI is InChI=1S/C11H11ClO3S/c1-6(2)15-11(16)7-3-4-9(12)8(5-7)10(13)14/h3-6H,1-2H3,(H,13,14). The molecule has 0 radical (unpaired) electrons. The van der Waals surface area contributed by atoms with Crippen LogP contribution < -0.4 is 0 Å². The molecular weight excluding hydrogens is 248 g/mol. The lowest BCUT2D eigenvalue weighted by Gasteiger charge is -2.11. The lowest BCUT2D eigenvalue weighted by atomic mass is 10.1. The monoisotopic (exact) mass is 258 g/mol. The van der Waals surface area contributed by atoms with E-state index in [4.69, 9.17) is 33.7 Å². The van der Waals surface area contributed by atoms with Gasteiger partial charge in [0.25, 0.3) is 0 Å². The summed E-state index contributed by atoms with van der Waals surface area (Å²) in [6.45, 7) is 3.70. The lowest BCUT2D eigenvalue weighted by Crippen LogP contribution is -2.11. The van der Waals surface area contributed by atoms with Gasteiger partial charge >= 0.3 is 5.97 Å². The van der Waals surface area contributed by atoms with Gasteiger partial charge in [-0.15, -0.1) is 0 Å². The van der Waals surface area contributed by atoms with Crippen molar-refractivity contribution in [3.63, 3.8) is 0 Å². The number of hydrogen-bond donors (Lipinski definition) is 1. The molecule has 1 rings (SSSR count). The number of benzene rings is 1. The summed E-state index contributed by atoms with van der Waals surface area (Å²) in [4.78, 5) is 10.9. The van der Waals surface area contributed by atoms with E-state index in [1.165, 1.54) is 12.1 Å². The Balaban J connectivity index is 3.03. The molecule has 0 unspecified atom stereocenters. The summed E-state index contributed by atoms with van der Waals surface area (Å²) in [5.74, 6) is -1.08. The molecule has 0 fully saturated rings. The van der Waals surface area contributed by atoms with E-state index in [9.17, 15) is 4.79 Å². The van der Waals surface area contributed by atoms with Crippen molar-refractivity contribution in [1.82, 2.24) is 0 Å². The third-order valence-electron chi connectivity index (χ3n) is 1.78. The number of ether oxygens (including phenoxy) is 1. The maximum atomic E-state index is 10.9. The van der Waals surface area contributed by atoms with Crippen LogP contribution in [0.4, 0.5) is 0 Å². The van der Waals surface area contributed by atoms with Crippen LogP contribution in [0.25, 0.3) is 0 Å². The number of thiocarbonyl (C=S) groups is 1. The second-order valence-corrected chi connectivity index (χ2v) is 4.23. The molecule has 1 aromatic carbocycles. The van der Waals surface area contributed by atoms with Crippen molar-refractivity contribution >= 4 is 34.8 Å². The van der Waals surface area contributed by atoms with E-state index in [0.29, 0.717) is 5.56 Å². The molecule has 86 valence electrons. The highest BCUT2D eigenvalue weighted by Crippen LogP contribution is 2.18. The van der Waals surface area contributed by atoms with Crippen molar-refractivity contribution in [1.29, 1.82) is 0 Å². The normalized spacial score (nSPS) is 10.2. The topological polar surface area (TPSA) is 46.5 Å². The van der Waals surface area contributed by atoms with Crippen LogP contribution in [-0.2, 0) is 4.74 Å². The number of halogens is 1. The Morgan fingerprint density at radius 1 is 1.50 bits per heavy atom. The average Bonchev–Trinajstić information content (AvgIpc) is 2.16. The predicted octanol–water partition coefficient (Wildman–Crippen LogP) is 3.14. The molecule has 0 aliphatic carbocycles. The molecule has 5 heteroatoms. The van der Waals surface area contributed by atoms with Gasteiger partial charge in [0, 0.05) is 5.56 Å². The fraction of sp³-hybridized carbons (Fsp3) is 0.273. The molecule has 16 heavy (non-hydrogen) atoms. The fourth-order valence-corrected chi connectivity index (χ4v) is 1.62. The molecular formula is C11H11ClO3S. The van der Waals surface area contributed by atoms with Gasteiger partial charge < -0.3 is 9.84 Å². The minimum absolute atomic E-state index is 0.0221. The first-order chi connectivity index (χ1) is 7.41. The first kappa shape index (κ1) is 12.9. The molecule has 0 aromatic heterocycles. The van der Waals surface area contributed by atoms with E-state index >= 15 is 0 Å². The quantitative estimate of drug-likeness (QED) is 0.846. The second-order valence-electron chi connectivity index (χ2n) is 3.45. The fourth-order valence-electron chi connectivity index (χ4n) is 1.10. The number of carboxylic acid groups (broad SMARTS) is 1. The van der Waals surface area contributed by atoms with E-state index in [1.807, 2.05) is 13.8 Å². The Morgan fingerprint density at radius 2 is 2.12 bits per heavy atom. The molecule has 0 bridgehead atoms. The molecule has 0 atom stereocenters. The third kappa shape index (κ3) is 3.18. The maximum Gasteiger partial charge on any atom is 0.337 e. The summed E-state index contributed by atoms with van der Waals surface area (Å²) in [5, 5.41) is 9.34. The average molecular weight is 259 g/mol. The van der Waals surface area contributed by atoms with Crippen LogP contribution in [0, 0.1) is 0 Å². The number of hydrogen-bond acceptors (Lipinski definition) is 3. The van der Waals surface area contributed by atoms with Gasteiger partial charge in [0.1, 0.15) is 0 Å². The van der Waals surface area contributed by atoms with Gasteiger partial charge in [-0.05, 0) is 44.3 Å². The van der Waals surface area contributed by atoms with Gasteiger partial charge in [-0.1, -0.05) is 11.6 Å². The number of aromatic carboxylic acids is 1. The van der Waals surface area contributed by atoms with Crippen molar-refractivity contribution in [2.45, 2.75) is 20.0 Å². The summed E-state index contributed by atoms with van der Waals surface area (Å²) >= 11 is 10.8. The number of carbonyl (C=O) groups is 1. The molecule has 0 spiro atoms. The number of rotatable bonds is 3. The van der Waals surface area contributed by atoms with Crippen molar-refractivity contribution in [2.75, 3.05) is 0 Å². The SMILES string of the molecule is CC(C)OC(=S)c1ccc(Cl)c(C(=O)O)c1. The highest BCUT2D eigenvalue weighted by molar-refractivity contribution is 7.80. The molecule has 0 aliphatic heterocycles. The van der Waals surface area contributed by atoms with Crippen molar-refractivity contribution in [2.24, 2.45) is 0 Å². The first-order valence-corrected chi connectivity index (χ1v) is 5.44. The number of carboxylic acids is 1. The zero-order chi connectivity index (χ0) is 12.3. The Hall–Kier alpha value is -1.13. The highest BCUT2D eigenvalue weighted by atomic mass is 35.5. The summed E-state index contributed by atoms with van der Waals surface area (Å²) in [5.41, 5.74) is 0.569. The van der Waals surface area contributed by atoms with Crippen LogP contribution in [-0.4, -0.2) is 22.2 Å². The molecule has 0 saturated heterocycles. The molecule has 0 amide bonds. The van der Waals surface area contributed by atoms with Crippen LogP contribution >= 0.6 is 23.8 Å². The molecule has 0 heterocycles. The van der Waals surface area contributed by atoms with Gasteiger partial charge in [0.2, 0.25) is 0 Å². The molecule has 1 N–H and O–H groups in total. The Bertz CT molecular complexity index is 429. The summed E-state index contributed by atoms with van der Waals surface area (Å²) in [7, 11) is 0. The predicted molar refractivity (Wildman–Crippen MR) is 66.3 cm³/mol. The zero-order valence-electron chi connectivity index (χ0n) is 8.86. The van der Waals surface area contributed by atoms with Crippen LogP contribution in [0.1, 0.15) is 29.8 Å². The van der Waals surface area contributed by atoms with E-state index in [1.54, 1.807) is 6.07 Å². The van der Waals surface area contributed by atoms with Crippen LogP contribution in [0.5, 0.6) is 0 Å². The Morgan fingerprint density at radius 3 is 2.62 bits per heavy atom. The van der Waals surface area contributed by atoms with Gasteiger partial charge in [-0.25, -0.2) is 4.79 Å². The lowest BCUT2D eigenvalue weighted by molar-refractivity contribution is 0.0697. The van der Waals surface area contributed by atoms with Gasteiger partial charge in [-0.3, -0.25) is 0 Å². The summed E-state index contributed by atoms with van der Waals surface area (Å²) in [6, 6.07) is 4.55. The molecule has 0 saturated carbocycles. The van der Waals surface area contributed by atoms with Crippen molar-refractivity contribution in [3.05, 3.63) is 34.3 Å². The van der Waals surface area contributed by atoms with E-state index in [2.05, 4.69) is 0 Å². The van der Waals surface area contributed by atoms with Crippen molar-refractivity contribution < 1.29 is 14.6 Å². The zero-order valence-corrected chi connectivity index (χ0v) is 10.4. The van der Waals surface area contributed by atoms with E-state index in [0.717, 1.165) is 0 Å². The van der Waals surface area contributed by atoms with Gasteiger partial charge in [0.05, 0.1) is 16.7 Å². The van der Waals surface area contributed by atoms with Crippen LogP contribution in [0.15, 0.2) is 18.2 Å². The van der Waals surface area contributed by atoms with Gasteiger partial charge in [-0.2, -0.15) is 0 Å². The van der Waals surface area contributed by atoms with E-state index < -0.39 is 5.97 Å². The van der Waals surface area contributed by atoms with Crippen LogP contribution in [0.3, 0.4) is 0 Å². The Kier molecular flexibility index (Phi) is 4.26. The Labute approximate surface area is 104 Å². The molecule has 3 nitrogen and oxygen atoms in total. The minimum atomic E-state index is -1.08. The summed E-state index contributed by atoms with van der Waals surface area (Å²) in [6.07, 6.45) is -0.0449. The first-order valence-electron chi connectivity index (χ1n) is 4.65. The molecule has 1 aromatic rings. The highest BCUT2D eigenvalue weighted by Gasteiger charge is 2.12. The van der Waals surface area contributed by atoms with Gasteiger partial charge in [0.15, 0.2) is 5.05 Å². The smallest absolute Gasteiger partial charge is 0.337 e.